The minimum atomic E-state index is -0.434. The summed E-state index contributed by atoms with van der Waals surface area (Å²) in [7, 11) is 0. The Morgan fingerprint density at radius 3 is 2.82 bits per heavy atom. The molecule has 1 aromatic carbocycles. The Morgan fingerprint density at radius 2 is 2.14 bits per heavy atom. The van der Waals surface area contributed by atoms with E-state index in [1.54, 1.807) is 43.0 Å². The van der Waals surface area contributed by atoms with Crippen LogP contribution in [-0.2, 0) is 14.4 Å². The molecule has 1 aromatic heterocycles. The van der Waals surface area contributed by atoms with E-state index in [-0.39, 0.29) is 23.5 Å². The number of benzene rings is 1. The van der Waals surface area contributed by atoms with Crippen molar-refractivity contribution in [2.45, 2.75) is 31.9 Å². The van der Waals surface area contributed by atoms with Gasteiger partial charge in [-0.05, 0) is 38.5 Å². The van der Waals surface area contributed by atoms with Crippen LogP contribution in [0, 0.1) is 6.92 Å². The third kappa shape index (κ3) is 5.13. The molecule has 3 amide bonds. The van der Waals surface area contributed by atoms with Crippen molar-refractivity contribution in [2.75, 3.05) is 27.8 Å². The molecular formula is C19H22N4O4S. The molecular weight excluding hydrogens is 380 g/mol. The first-order chi connectivity index (χ1) is 13.4. The quantitative estimate of drug-likeness (QED) is 0.738. The van der Waals surface area contributed by atoms with Crippen LogP contribution in [-0.4, -0.2) is 40.4 Å². The molecule has 1 saturated heterocycles. The molecule has 2 N–H and O–H groups in total. The molecule has 0 saturated carbocycles. The maximum Gasteiger partial charge on any atom is 0.238 e. The number of aryl methyl sites for hydroxylation is 1. The Labute approximate surface area is 167 Å². The van der Waals surface area contributed by atoms with Gasteiger partial charge in [-0.15, -0.1) is 11.8 Å². The molecule has 1 aliphatic rings. The molecule has 0 unspecified atom stereocenters. The minimum absolute atomic E-state index is 0.0983. The molecule has 2 heterocycles. The summed E-state index contributed by atoms with van der Waals surface area (Å²) in [6.07, 6.45) is 1.40. The first-order valence-corrected chi connectivity index (χ1v) is 10.0. The second-order valence-electron chi connectivity index (χ2n) is 6.51. The first kappa shape index (κ1) is 19.9. The van der Waals surface area contributed by atoms with Crippen LogP contribution in [0.25, 0.3) is 0 Å². The van der Waals surface area contributed by atoms with E-state index in [2.05, 4.69) is 15.8 Å². The second kappa shape index (κ2) is 8.92. The van der Waals surface area contributed by atoms with Crippen LogP contribution in [0.1, 0.15) is 25.5 Å². The summed E-state index contributed by atoms with van der Waals surface area (Å²) < 4.78 is 4.90. The molecule has 1 atom stereocenters. The van der Waals surface area contributed by atoms with Crippen LogP contribution in [0.15, 0.2) is 34.9 Å². The van der Waals surface area contributed by atoms with Crippen molar-refractivity contribution in [3.8, 4) is 0 Å². The minimum Gasteiger partial charge on any atom is -0.360 e. The summed E-state index contributed by atoms with van der Waals surface area (Å²) >= 11 is 1.22. The van der Waals surface area contributed by atoms with Crippen LogP contribution < -0.4 is 15.5 Å². The third-order valence-electron chi connectivity index (χ3n) is 4.23. The summed E-state index contributed by atoms with van der Waals surface area (Å²) in [5.74, 6) is 0.716. The highest BCUT2D eigenvalue weighted by Crippen LogP contribution is 2.24. The van der Waals surface area contributed by atoms with Crippen LogP contribution in [0.5, 0.6) is 0 Å². The van der Waals surface area contributed by atoms with Gasteiger partial charge in [-0.25, -0.2) is 0 Å². The highest BCUT2D eigenvalue weighted by atomic mass is 32.2. The van der Waals surface area contributed by atoms with E-state index < -0.39 is 5.25 Å². The van der Waals surface area contributed by atoms with Gasteiger partial charge >= 0.3 is 0 Å². The molecule has 0 bridgehead atoms. The predicted octanol–water partition coefficient (Wildman–Crippen LogP) is 2.81. The van der Waals surface area contributed by atoms with Gasteiger partial charge in [-0.2, -0.15) is 0 Å². The van der Waals surface area contributed by atoms with Crippen molar-refractivity contribution in [2.24, 2.45) is 0 Å². The number of rotatable bonds is 7. The maximum atomic E-state index is 12.2. The molecule has 1 aliphatic heterocycles. The van der Waals surface area contributed by atoms with Crippen molar-refractivity contribution in [3.63, 3.8) is 0 Å². The number of carbonyl (C=O) groups is 3. The molecule has 148 valence electrons. The van der Waals surface area contributed by atoms with Gasteiger partial charge in [0.2, 0.25) is 17.7 Å². The summed E-state index contributed by atoms with van der Waals surface area (Å²) in [5.41, 5.74) is 1.40. The molecule has 3 rings (SSSR count). The number of aromatic nitrogens is 1. The monoisotopic (exact) mass is 402 g/mol. The summed E-state index contributed by atoms with van der Waals surface area (Å²) in [6, 6.07) is 8.84. The van der Waals surface area contributed by atoms with Crippen molar-refractivity contribution in [1.82, 2.24) is 5.16 Å². The number of nitrogens with zero attached hydrogens (tertiary/aromatic N) is 2. The molecule has 9 heteroatoms. The SMILES string of the molecule is Cc1cc(NC(=O)[C@@H](C)SCC(=O)Nc2cccc(N3CCCC3=O)c2)no1. The number of thioether (sulfide) groups is 1. The van der Waals surface area contributed by atoms with E-state index in [0.717, 1.165) is 12.1 Å². The van der Waals surface area contributed by atoms with Gasteiger partial charge in [0.1, 0.15) is 5.76 Å². The lowest BCUT2D eigenvalue weighted by Crippen LogP contribution is -2.25. The van der Waals surface area contributed by atoms with Crippen molar-refractivity contribution < 1.29 is 18.9 Å². The molecule has 0 radical (unpaired) electrons. The van der Waals surface area contributed by atoms with Crippen molar-refractivity contribution in [1.29, 1.82) is 0 Å². The molecule has 1 fully saturated rings. The zero-order valence-corrected chi connectivity index (χ0v) is 16.5. The Kier molecular flexibility index (Phi) is 6.35. The molecule has 0 aliphatic carbocycles. The van der Waals surface area contributed by atoms with Gasteiger partial charge in [0.05, 0.1) is 11.0 Å². The number of hydrogen-bond donors (Lipinski definition) is 2. The zero-order valence-electron chi connectivity index (χ0n) is 15.7. The van der Waals surface area contributed by atoms with Gasteiger partial charge in [0, 0.05) is 30.4 Å². The Morgan fingerprint density at radius 1 is 1.32 bits per heavy atom. The van der Waals surface area contributed by atoms with E-state index in [9.17, 15) is 14.4 Å². The fourth-order valence-corrected chi connectivity index (χ4v) is 3.48. The fourth-order valence-electron chi connectivity index (χ4n) is 2.80. The highest BCUT2D eigenvalue weighted by molar-refractivity contribution is 8.01. The smallest absolute Gasteiger partial charge is 0.238 e. The predicted molar refractivity (Wildman–Crippen MR) is 108 cm³/mol. The summed E-state index contributed by atoms with van der Waals surface area (Å²) in [4.78, 5) is 38.0. The standard InChI is InChI=1S/C19H22N4O4S/c1-12-9-16(22-27-12)21-19(26)13(2)28-11-17(24)20-14-5-3-6-15(10-14)23-8-4-7-18(23)25/h3,5-6,9-10,13H,4,7-8,11H2,1-2H3,(H,20,24)(H,21,22,26)/t13-/m1/s1. The van der Waals surface area contributed by atoms with Gasteiger partial charge in [0.25, 0.3) is 0 Å². The van der Waals surface area contributed by atoms with E-state index in [0.29, 0.717) is 30.2 Å². The Balaban J connectivity index is 1.48. The molecule has 28 heavy (non-hydrogen) atoms. The van der Waals surface area contributed by atoms with Crippen LogP contribution in [0.2, 0.25) is 0 Å². The first-order valence-electron chi connectivity index (χ1n) is 8.98. The largest absolute Gasteiger partial charge is 0.360 e. The Hall–Kier alpha value is -2.81. The number of carbonyl (C=O) groups excluding carboxylic acids is 3. The Bertz CT molecular complexity index is 882. The molecule has 8 nitrogen and oxygen atoms in total. The topological polar surface area (TPSA) is 105 Å². The number of anilines is 3. The van der Waals surface area contributed by atoms with Gasteiger partial charge in [-0.3, -0.25) is 14.4 Å². The lowest BCUT2D eigenvalue weighted by atomic mass is 10.2. The van der Waals surface area contributed by atoms with E-state index >= 15 is 0 Å². The second-order valence-corrected chi connectivity index (χ2v) is 7.84. The summed E-state index contributed by atoms with van der Waals surface area (Å²) in [6.45, 7) is 4.16. The maximum absolute atomic E-state index is 12.2. The van der Waals surface area contributed by atoms with Gasteiger partial charge in [0.15, 0.2) is 5.82 Å². The van der Waals surface area contributed by atoms with Crippen LogP contribution >= 0.6 is 11.8 Å². The lowest BCUT2D eigenvalue weighted by molar-refractivity contribution is -0.117. The number of amides is 3. The average molecular weight is 402 g/mol. The van der Waals surface area contributed by atoms with Crippen LogP contribution in [0.4, 0.5) is 17.2 Å². The number of hydrogen-bond acceptors (Lipinski definition) is 6. The number of nitrogens with one attached hydrogen (secondary N) is 2. The normalized spacial score (nSPS) is 14.8. The summed E-state index contributed by atoms with van der Waals surface area (Å²) in [5, 5.41) is 8.73. The highest BCUT2D eigenvalue weighted by Gasteiger charge is 2.22. The average Bonchev–Trinajstić information content (AvgIpc) is 3.27. The third-order valence-corrected chi connectivity index (χ3v) is 5.37. The lowest BCUT2D eigenvalue weighted by Gasteiger charge is -2.17. The van der Waals surface area contributed by atoms with E-state index in [4.69, 9.17) is 4.52 Å². The van der Waals surface area contributed by atoms with Crippen LogP contribution in [0.3, 0.4) is 0 Å². The van der Waals surface area contributed by atoms with E-state index in [1.807, 2.05) is 6.07 Å². The van der Waals surface area contributed by atoms with Crippen molar-refractivity contribution in [3.05, 3.63) is 36.1 Å². The van der Waals surface area contributed by atoms with Gasteiger partial charge < -0.3 is 20.1 Å². The molecule has 0 spiro atoms. The van der Waals surface area contributed by atoms with Crippen molar-refractivity contribution >= 4 is 46.7 Å². The van der Waals surface area contributed by atoms with Gasteiger partial charge in [-0.1, -0.05) is 11.2 Å². The molecule has 2 aromatic rings. The fraction of sp³-hybridized carbons (Fsp3) is 0.368. The van der Waals surface area contributed by atoms with E-state index in [1.165, 1.54) is 11.8 Å². The zero-order chi connectivity index (χ0) is 20.1.